The first-order chi connectivity index (χ1) is 10.2. The van der Waals surface area contributed by atoms with E-state index in [0.717, 1.165) is 12.2 Å². The van der Waals surface area contributed by atoms with Crippen LogP contribution in [0.5, 0.6) is 0 Å². The zero-order valence-corrected chi connectivity index (χ0v) is 12.8. The van der Waals surface area contributed by atoms with Crippen molar-refractivity contribution in [3.63, 3.8) is 0 Å². The molecule has 1 N–H and O–H groups in total. The minimum Gasteiger partial charge on any atom is -0.468 e. The van der Waals surface area contributed by atoms with Gasteiger partial charge in [-0.1, -0.05) is 36.4 Å². The lowest BCUT2D eigenvalue weighted by Gasteiger charge is -2.28. The van der Waals surface area contributed by atoms with Crippen molar-refractivity contribution in [2.45, 2.75) is 13.0 Å². The van der Waals surface area contributed by atoms with Gasteiger partial charge in [0.15, 0.2) is 0 Å². The Kier molecular flexibility index (Phi) is 5.17. The summed E-state index contributed by atoms with van der Waals surface area (Å²) in [7, 11) is 3.19. The summed E-state index contributed by atoms with van der Waals surface area (Å²) < 4.78 is 4.84. The molecule has 0 amide bonds. The largest absolute Gasteiger partial charge is 0.468 e. The molecule has 2 aromatic carbocycles. The van der Waals surface area contributed by atoms with Crippen molar-refractivity contribution in [3.05, 3.63) is 42.5 Å². The summed E-state index contributed by atoms with van der Waals surface area (Å²) in [4.78, 5) is 14.0. The Bertz CT molecular complexity index is 607. The molecule has 2 rings (SSSR count). The number of ether oxygens (including phenoxy) is 1. The van der Waals surface area contributed by atoms with Crippen molar-refractivity contribution < 1.29 is 9.53 Å². The SMILES string of the molecule is CCN(CC(NC)C(=O)OC)c1cccc2ccccc12. The van der Waals surface area contributed by atoms with E-state index in [1.807, 2.05) is 18.2 Å². The number of likely N-dealkylation sites (N-methyl/N-ethyl adjacent to an activating group) is 2. The van der Waals surface area contributed by atoms with Crippen LogP contribution in [0.3, 0.4) is 0 Å². The first kappa shape index (κ1) is 15.3. The lowest BCUT2D eigenvalue weighted by molar-refractivity contribution is -0.142. The lowest BCUT2D eigenvalue weighted by Crippen LogP contribution is -2.45. The third-order valence-electron chi connectivity index (χ3n) is 3.73. The average Bonchev–Trinajstić information content (AvgIpc) is 2.55. The van der Waals surface area contributed by atoms with Crippen LogP contribution < -0.4 is 10.2 Å². The quantitative estimate of drug-likeness (QED) is 0.828. The number of benzene rings is 2. The summed E-state index contributed by atoms with van der Waals surface area (Å²) in [5, 5.41) is 5.42. The molecule has 0 aliphatic rings. The number of nitrogens with zero attached hydrogens (tertiary/aromatic N) is 1. The Labute approximate surface area is 125 Å². The van der Waals surface area contributed by atoms with Gasteiger partial charge in [-0.05, 0) is 25.4 Å². The van der Waals surface area contributed by atoms with E-state index in [9.17, 15) is 4.79 Å². The molecule has 0 saturated carbocycles. The van der Waals surface area contributed by atoms with Gasteiger partial charge in [0.25, 0.3) is 0 Å². The molecule has 21 heavy (non-hydrogen) atoms. The maximum Gasteiger partial charge on any atom is 0.324 e. The molecule has 1 unspecified atom stereocenters. The van der Waals surface area contributed by atoms with Crippen molar-refractivity contribution in [1.29, 1.82) is 0 Å². The van der Waals surface area contributed by atoms with Crippen molar-refractivity contribution in [3.8, 4) is 0 Å². The molecule has 0 aromatic heterocycles. The van der Waals surface area contributed by atoms with E-state index in [1.165, 1.54) is 17.9 Å². The molecule has 4 heteroatoms. The van der Waals surface area contributed by atoms with Crippen molar-refractivity contribution in [1.82, 2.24) is 5.32 Å². The number of nitrogens with one attached hydrogen (secondary N) is 1. The molecule has 0 radical (unpaired) electrons. The third kappa shape index (κ3) is 3.34. The predicted molar refractivity (Wildman–Crippen MR) is 86.7 cm³/mol. The highest BCUT2D eigenvalue weighted by Gasteiger charge is 2.21. The molecular weight excluding hydrogens is 264 g/mol. The first-order valence-electron chi connectivity index (χ1n) is 7.19. The van der Waals surface area contributed by atoms with Gasteiger partial charge in [-0.15, -0.1) is 0 Å². The van der Waals surface area contributed by atoms with Crippen LogP contribution in [-0.2, 0) is 9.53 Å². The van der Waals surface area contributed by atoms with E-state index in [1.54, 1.807) is 7.05 Å². The molecular formula is C17H22N2O2. The Balaban J connectivity index is 2.33. The fraction of sp³-hybridized carbons (Fsp3) is 0.353. The molecule has 0 heterocycles. The van der Waals surface area contributed by atoms with Crippen LogP contribution in [0.4, 0.5) is 5.69 Å². The average molecular weight is 286 g/mol. The van der Waals surface area contributed by atoms with E-state index >= 15 is 0 Å². The van der Waals surface area contributed by atoms with E-state index in [2.05, 4.69) is 41.4 Å². The summed E-state index contributed by atoms with van der Waals surface area (Å²) in [5.41, 5.74) is 1.14. The Morgan fingerprint density at radius 3 is 2.62 bits per heavy atom. The number of fused-ring (bicyclic) bond motifs is 1. The second-order valence-corrected chi connectivity index (χ2v) is 4.90. The molecule has 1 atom stereocenters. The molecule has 4 nitrogen and oxygen atoms in total. The van der Waals surface area contributed by atoms with Crippen molar-refractivity contribution in [2.75, 3.05) is 32.1 Å². The van der Waals surface area contributed by atoms with Gasteiger partial charge in [0.05, 0.1) is 7.11 Å². The number of hydrogen-bond acceptors (Lipinski definition) is 4. The lowest BCUT2D eigenvalue weighted by atomic mass is 10.1. The number of hydrogen-bond donors (Lipinski definition) is 1. The molecule has 0 fully saturated rings. The molecule has 0 spiro atoms. The van der Waals surface area contributed by atoms with Crippen LogP contribution in [0.2, 0.25) is 0 Å². The highest BCUT2D eigenvalue weighted by atomic mass is 16.5. The molecule has 112 valence electrons. The zero-order valence-electron chi connectivity index (χ0n) is 12.8. The number of carbonyl (C=O) groups excluding carboxylic acids is 1. The highest BCUT2D eigenvalue weighted by Crippen LogP contribution is 2.26. The van der Waals surface area contributed by atoms with E-state index < -0.39 is 0 Å². The van der Waals surface area contributed by atoms with Crippen LogP contribution in [0, 0.1) is 0 Å². The minimum atomic E-state index is -0.339. The molecule has 0 aliphatic carbocycles. The van der Waals surface area contributed by atoms with Gasteiger partial charge in [-0.25, -0.2) is 0 Å². The summed E-state index contributed by atoms with van der Waals surface area (Å²) >= 11 is 0. The van der Waals surface area contributed by atoms with E-state index in [4.69, 9.17) is 4.74 Å². The number of carbonyl (C=O) groups is 1. The predicted octanol–water partition coefficient (Wildman–Crippen LogP) is 2.43. The van der Waals surface area contributed by atoms with Crippen molar-refractivity contribution in [2.24, 2.45) is 0 Å². The van der Waals surface area contributed by atoms with Gasteiger partial charge in [-0.3, -0.25) is 4.79 Å². The standard InChI is InChI=1S/C17H22N2O2/c1-4-19(12-15(18-2)17(20)21-3)16-11-7-9-13-8-5-6-10-14(13)16/h5-11,15,18H,4,12H2,1-3H3. The number of esters is 1. The summed E-state index contributed by atoms with van der Waals surface area (Å²) in [6.45, 7) is 3.49. The summed E-state index contributed by atoms with van der Waals surface area (Å²) in [6, 6.07) is 14.2. The second kappa shape index (κ2) is 7.09. The molecule has 2 aromatic rings. The maximum atomic E-state index is 11.8. The van der Waals surface area contributed by atoms with Crippen molar-refractivity contribution >= 4 is 22.4 Å². The second-order valence-electron chi connectivity index (χ2n) is 4.90. The smallest absolute Gasteiger partial charge is 0.324 e. The van der Waals surface area contributed by atoms with Gasteiger partial charge >= 0.3 is 5.97 Å². The van der Waals surface area contributed by atoms with E-state index in [0.29, 0.717) is 6.54 Å². The third-order valence-corrected chi connectivity index (χ3v) is 3.73. The Hall–Kier alpha value is -2.07. The Morgan fingerprint density at radius 1 is 1.24 bits per heavy atom. The molecule has 0 aliphatic heterocycles. The highest BCUT2D eigenvalue weighted by molar-refractivity contribution is 5.94. The van der Waals surface area contributed by atoms with Crippen LogP contribution in [-0.4, -0.2) is 39.3 Å². The zero-order chi connectivity index (χ0) is 15.2. The number of anilines is 1. The minimum absolute atomic E-state index is 0.240. The maximum absolute atomic E-state index is 11.8. The topological polar surface area (TPSA) is 41.6 Å². The monoisotopic (exact) mass is 286 g/mol. The van der Waals surface area contributed by atoms with Crippen LogP contribution in [0.15, 0.2) is 42.5 Å². The molecule has 0 bridgehead atoms. The van der Waals surface area contributed by atoms with Gasteiger partial charge in [0, 0.05) is 24.2 Å². The Morgan fingerprint density at radius 2 is 1.95 bits per heavy atom. The van der Waals surface area contributed by atoms with Crippen LogP contribution in [0.1, 0.15) is 6.92 Å². The number of methoxy groups -OCH3 is 1. The summed E-state index contributed by atoms with van der Waals surface area (Å²) in [6.07, 6.45) is 0. The first-order valence-corrected chi connectivity index (χ1v) is 7.19. The van der Waals surface area contributed by atoms with Gasteiger partial charge in [0.1, 0.15) is 6.04 Å². The fourth-order valence-electron chi connectivity index (χ4n) is 2.53. The van der Waals surface area contributed by atoms with E-state index in [-0.39, 0.29) is 12.0 Å². The van der Waals surface area contributed by atoms with Gasteiger partial charge in [0.2, 0.25) is 0 Å². The number of rotatable bonds is 6. The normalized spacial score (nSPS) is 12.1. The molecule has 0 saturated heterocycles. The van der Waals surface area contributed by atoms with Gasteiger partial charge in [-0.2, -0.15) is 0 Å². The van der Waals surface area contributed by atoms with Gasteiger partial charge < -0.3 is 15.0 Å². The van der Waals surface area contributed by atoms with Crippen LogP contribution in [0.25, 0.3) is 10.8 Å². The summed E-state index contributed by atoms with van der Waals surface area (Å²) in [5.74, 6) is -0.240. The van der Waals surface area contributed by atoms with Crippen LogP contribution >= 0.6 is 0 Å². The fourth-order valence-corrected chi connectivity index (χ4v) is 2.53.